The van der Waals surface area contributed by atoms with Crippen molar-refractivity contribution in [2.45, 2.75) is 39.7 Å². The lowest BCUT2D eigenvalue weighted by molar-refractivity contribution is 0.321. The monoisotopic (exact) mass is 294 g/mol. The predicted molar refractivity (Wildman–Crippen MR) is 85.6 cm³/mol. The summed E-state index contributed by atoms with van der Waals surface area (Å²) in [6.07, 6.45) is 2.24. The van der Waals surface area contributed by atoms with Crippen LogP contribution in [0, 0.1) is 11.7 Å². The molecule has 0 spiro atoms. The van der Waals surface area contributed by atoms with E-state index in [1.165, 1.54) is 0 Å². The average Bonchev–Trinajstić information content (AvgIpc) is 2.66. The maximum atomic E-state index is 14.0. The van der Waals surface area contributed by atoms with E-state index < -0.39 is 0 Å². The van der Waals surface area contributed by atoms with Crippen molar-refractivity contribution in [2.24, 2.45) is 5.92 Å². The topological polar surface area (TPSA) is 24.5 Å². The largest absolute Gasteiger partial charge is 0.491 e. The molecule has 0 aromatic heterocycles. The molecule has 2 rings (SSSR count). The Morgan fingerprint density at radius 2 is 2.24 bits per heavy atom. The van der Waals surface area contributed by atoms with Gasteiger partial charge in [-0.05, 0) is 44.4 Å². The van der Waals surface area contributed by atoms with E-state index in [0.29, 0.717) is 24.3 Å². The number of hydrogen-bond acceptors (Lipinski definition) is 3. The Bertz CT molecular complexity index is 450. The standard InChI is InChI=1S/C17H27FN2O/c1-4-21-17-7-6-15(11-16(17)18)20-9-5-8-19-14(12-20)10-13(2)3/h6-7,11,13-14,19H,4-5,8-10,12H2,1-3H3. The second kappa shape index (κ2) is 7.64. The second-order valence-corrected chi connectivity index (χ2v) is 6.13. The molecule has 0 radical (unpaired) electrons. The lowest BCUT2D eigenvalue weighted by atomic mass is 10.0. The highest BCUT2D eigenvalue weighted by Gasteiger charge is 2.19. The van der Waals surface area contributed by atoms with Gasteiger partial charge in [0.2, 0.25) is 0 Å². The average molecular weight is 294 g/mol. The molecule has 1 saturated heterocycles. The third-order valence-electron chi connectivity index (χ3n) is 3.81. The van der Waals surface area contributed by atoms with Crippen molar-refractivity contribution in [3.63, 3.8) is 0 Å². The molecule has 0 bridgehead atoms. The number of benzene rings is 1. The smallest absolute Gasteiger partial charge is 0.167 e. The molecular formula is C17H27FN2O. The van der Waals surface area contributed by atoms with Gasteiger partial charge in [-0.1, -0.05) is 13.8 Å². The molecule has 1 atom stereocenters. The van der Waals surface area contributed by atoms with Crippen LogP contribution in [0.3, 0.4) is 0 Å². The van der Waals surface area contributed by atoms with Crippen molar-refractivity contribution in [3.05, 3.63) is 24.0 Å². The summed E-state index contributed by atoms with van der Waals surface area (Å²) < 4.78 is 19.3. The van der Waals surface area contributed by atoms with Gasteiger partial charge in [-0.2, -0.15) is 0 Å². The van der Waals surface area contributed by atoms with E-state index in [2.05, 4.69) is 24.1 Å². The van der Waals surface area contributed by atoms with Gasteiger partial charge >= 0.3 is 0 Å². The minimum absolute atomic E-state index is 0.271. The van der Waals surface area contributed by atoms with Gasteiger partial charge in [0.25, 0.3) is 0 Å². The van der Waals surface area contributed by atoms with Crippen molar-refractivity contribution in [1.82, 2.24) is 5.32 Å². The maximum absolute atomic E-state index is 14.0. The lowest BCUT2D eigenvalue weighted by Gasteiger charge is -2.27. The van der Waals surface area contributed by atoms with Crippen LogP contribution in [0.15, 0.2) is 18.2 Å². The summed E-state index contributed by atoms with van der Waals surface area (Å²) in [7, 11) is 0. The van der Waals surface area contributed by atoms with E-state index in [1.807, 2.05) is 13.0 Å². The third-order valence-corrected chi connectivity index (χ3v) is 3.81. The summed E-state index contributed by atoms with van der Waals surface area (Å²) in [5.41, 5.74) is 0.952. The van der Waals surface area contributed by atoms with Gasteiger partial charge in [0.05, 0.1) is 6.61 Å². The molecule has 0 saturated carbocycles. The summed E-state index contributed by atoms with van der Waals surface area (Å²) in [6.45, 7) is 9.78. The molecule has 1 aromatic rings. The normalized spacial score (nSPS) is 19.7. The molecule has 3 nitrogen and oxygen atoms in total. The van der Waals surface area contributed by atoms with Crippen LogP contribution in [0.2, 0.25) is 0 Å². The molecule has 1 N–H and O–H groups in total. The molecule has 118 valence electrons. The lowest BCUT2D eigenvalue weighted by Crippen LogP contribution is -2.38. The Kier molecular flexibility index (Phi) is 5.85. The molecule has 1 unspecified atom stereocenters. The number of hydrogen-bond donors (Lipinski definition) is 1. The summed E-state index contributed by atoms with van der Waals surface area (Å²) in [4.78, 5) is 2.28. The SMILES string of the molecule is CCOc1ccc(N2CCCNC(CC(C)C)C2)cc1F. The van der Waals surface area contributed by atoms with Crippen molar-refractivity contribution < 1.29 is 9.13 Å². The van der Waals surface area contributed by atoms with Crippen LogP contribution in [0.5, 0.6) is 5.75 Å². The highest BCUT2D eigenvalue weighted by Crippen LogP contribution is 2.25. The zero-order valence-electron chi connectivity index (χ0n) is 13.4. The number of nitrogens with one attached hydrogen (secondary N) is 1. The third kappa shape index (κ3) is 4.60. The number of halogens is 1. The van der Waals surface area contributed by atoms with Crippen molar-refractivity contribution >= 4 is 5.69 Å². The fraction of sp³-hybridized carbons (Fsp3) is 0.647. The highest BCUT2D eigenvalue weighted by molar-refractivity contribution is 5.50. The van der Waals surface area contributed by atoms with E-state index in [-0.39, 0.29) is 5.82 Å². The van der Waals surface area contributed by atoms with Crippen LogP contribution in [-0.4, -0.2) is 32.3 Å². The summed E-state index contributed by atoms with van der Waals surface area (Å²) in [5.74, 6) is 0.736. The van der Waals surface area contributed by atoms with Crippen LogP contribution in [0.1, 0.15) is 33.6 Å². The van der Waals surface area contributed by atoms with Crippen LogP contribution in [0.25, 0.3) is 0 Å². The van der Waals surface area contributed by atoms with Gasteiger partial charge in [0.15, 0.2) is 11.6 Å². The Morgan fingerprint density at radius 1 is 1.43 bits per heavy atom. The fourth-order valence-electron chi connectivity index (χ4n) is 2.92. The molecule has 1 aliphatic rings. The molecule has 1 aliphatic heterocycles. The van der Waals surface area contributed by atoms with E-state index in [0.717, 1.165) is 38.2 Å². The van der Waals surface area contributed by atoms with Crippen molar-refractivity contribution in [2.75, 3.05) is 31.1 Å². The first kappa shape index (κ1) is 16.1. The Hall–Kier alpha value is -1.29. The van der Waals surface area contributed by atoms with E-state index >= 15 is 0 Å². The van der Waals surface area contributed by atoms with Gasteiger partial charge < -0.3 is 15.0 Å². The Balaban J connectivity index is 2.09. The minimum atomic E-state index is -0.271. The van der Waals surface area contributed by atoms with Gasteiger partial charge in [-0.3, -0.25) is 0 Å². The van der Waals surface area contributed by atoms with Gasteiger partial charge in [0.1, 0.15) is 0 Å². The molecule has 21 heavy (non-hydrogen) atoms. The molecular weight excluding hydrogens is 267 g/mol. The minimum Gasteiger partial charge on any atom is -0.491 e. The predicted octanol–water partition coefficient (Wildman–Crippen LogP) is 3.44. The first-order valence-corrected chi connectivity index (χ1v) is 8.00. The highest BCUT2D eigenvalue weighted by atomic mass is 19.1. The molecule has 0 amide bonds. The van der Waals surface area contributed by atoms with Crippen molar-refractivity contribution in [1.29, 1.82) is 0 Å². The quantitative estimate of drug-likeness (QED) is 0.900. The zero-order valence-corrected chi connectivity index (χ0v) is 13.4. The Morgan fingerprint density at radius 3 is 2.90 bits per heavy atom. The van der Waals surface area contributed by atoms with Gasteiger partial charge in [-0.25, -0.2) is 4.39 Å². The number of rotatable bonds is 5. The number of ether oxygens (including phenoxy) is 1. The first-order chi connectivity index (χ1) is 10.1. The van der Waals surface area contributed by atoms with Crippen LogP contribution in [0.4, 0.5) is 10.1 Å². The van der Waals surface area contributed by atoms with Crippen molar-refractivity contribution in [3.8, 4) is 5.75 Å². The molecule has 1 aromatic carbocycles. The molecule has 1 heterocycles. The Labute approximate surface area is 127 Å². The van der Waals surface area contributed by atoms with E-state index in [9.17, 15) is 4.39 Å². The van der Waals surface area contributed by atoms with Crippen LogP contribution >= 0.6 is 0 Å². The number of anilines is 1. The summed E-state index contributed by atoms with van der Waals surface area (Å²) in [5, 5.41) is 3.60. The molecule has 0 aliphatic carbocycles. The van der Waals surface area contributed by atoms with E-state index in [4.69, 9.17) is 4.74 Å². The maximum Gasteiger partial charge on any atom is 0.167 e. The molecule has 1 fully saturated rings. The van der Waals surface area contributed by atoms with Gasteiger partial charge in [0, 0.05) is 30.9 Å². The molecule has 4 heteroatoms. The van der Waals surface area contributed by atoms with E-state index in [1.54, 1.807) is 12.1 Å². The van der Waals surface area contributed by atoms with Gasteiger partial charge in [-0.15, -0.1) is 0 Å². The van der Waals surface area contributed by atoms with Crippen LogP contribution in [-0.2, 0) is 0 Å². The fourth-order valence-corrected chi connectivity index (χ4v) is 2.92. The zero-order chi connectivity index (χ0) is 15.2. The van der Waals surface area contributed by atoms with Crippen LogP contribution < -0.4 is 15.0 Å². The second-order valence-electron chi connectivity index (χ2n) is 6.13. The summed E-state index contributed by atoms with van der Waals surface area (Å²) >= 11 is 0. The first-order valence-electron chi connectivity index (χ1n) is 8.00. The summed E-state index contributed by atoms with van der Waals surface area (Å²) in [6, 6.07) is 5.78. The number of nitrogens with zero attached hydrogens (tertiary/aromatic N) is 1.